The van der Waals surface area contributed by atoms with Crippen molar-refractivity contribution >= 4 is 20.0 Å². The highest BCUT2D eigenvalue weighted by Crippen LogP contribution is 2.38. The van der Waals surface area contributed by atoms with E-state index in [1.54, 1.807) is 0 Å². The molecule has 0 aromatic carbocycles. The highest BCUT2D eigenvalue weighted by atomic mass is 32.3. The second kappa shape index (κ2) is 15.6. The Labute approximate surface area is 199 Å². The number of nitrogens with zero attached hydrogens (tertiary/aromatic N) is 6. The molecule has 10 nitrogen and oxygen atoms in total. The third-order valence-electron chi connectivity index (χ3n) is 5.48. The maximum atomic E-state index is 13.9. The molecule has 0 N–H and O–H groups in total. The minimum absolute atomic E-state index is 0.0124. The van der Waals surface area contributed by atoms with Gasteiger partial charge in [0.1, 0.15) is 0 Å². The van der Waals surface area contributed by atoms with Crippen molar-refractivity contribution in [1.29, 1.82) is 21.0 Å². The van der Waals surface area contributed by atoms with E-state index in [0.717, 1.165) is 8.61 Å². The first-order valence-corrected chi connectivity index (χ1v) is 14.0. The summed E-state index contributed by atoms with van der Waals surface area (Å²) < 4.78 is 55.5. The van der Waals surface area contributed by atoms with Gasteiger partial charge in [-0.3, -0.25) is 0 Å². The molecule has 0 spiro atoms. The molecule has 0 amide bonds. The normalized spacial score (nSPS) is 12.1. The van der Waals surface area contributed by atoms with E-state index in [1.807, 2.05) is 24.3 Å². The summed E-state index contributed by atoms with van der Waals surface area (Å²) in [6.45, 7) is 2.99. The van der Waals surface area contributed by atoms with Crippen LogP contribution in [0.3, 0.4) is 0 Å². The van der Waals surface area contributed by atoms with Crippen LogP contribution in [0.25, 0.3) is 0 Å². The molecule has 0 atom stereocenters. The minimum Gasteiger partial charge on any atom is -0.210 e. The molecule has 0 saturated heterocycles. The lowest BCUT2D eigenvalue weighted by molar-refractivity contribution is 0.363. The van der Waals surface area contributed by atoms with Crippen LogP contribution in [0.5, 0.6) is 0 Å². The smallest absolute Gasteiger partial charge is 0.210 e. The monoisotopic (exact) mass is 498 g/mol. The van der Waals surface area contributed by atoms with Crippen LogP contribution < -0.4 is 0 Å². The van der Waals surface area contributed by atoms with Gasteiger partial charge in [0.2, 0.25) is 24.1 Å². The Kier molecular flexibility index (Phi) is 14.5. The topological polar surface area (TPSA) is 170 Å². The predicted octanol–water partition coefficient (Wildman–Crippen LogP) is 2.98. The van der Waals surface area contributed by atoms with E-state index < -0.39 is 24.1 Å². The van der Waals surface area contributed by atoms with Gasteiger partial charge in [0.25, 0.3) is 0 Å². The summed E-state index contributed by atoms with van der Waals surface area (Å²) in [6, 6.07) is 7.85. The number of hydrogen-bond donors (Lipinski definition) is 0. The zero-order valence-electron chi connectivity index (χ0n) is 19.5. The molecule has 184 valence electrons. The van der Waals surface area contributed by atoms with E-state index in [9.17, 15) is 16.8 Å². The number of hydrogen-bond acceptors (Lipinski definition) is 8. The molecule has 0 rings (SSSR count). The molecule has 0 heterocycles. The molecule has 12 heteroatoms. The van der Waals surface area contributed by atoms with Crippen LogP contribution in [0.1, 0.15) is 78.1 Å². The lowest BCUT2D eigenvalue weighted by atomic mass is 10.2. The summed E-state index contributed by atoms with van der Waals surface area (Å²) in [5.41, 5.74) is 0. The highest BCUT2D eigenvalue weighted by Gasteiger charge is 2.56. The summed E-state index contributed by atoms with van der Waals surface area (Å²) in [5.74, 6) is 0. The van der Waals surface area contributed by atoms with E-state index in [-0.39, 0.29) is 90.4 Å². The van der Waals surface area contributed by atoms with Crippen LogP contribution in [0.15, 0.2) is 0 Å². The van der Waals surface area contributed by atoms with Crippen molar-refractivity contribution < 1.29 is 16.8 Å². The van der Waals surface area contributed by atoms with Crippen molar-refractivity contribution in [2.75, 3.05) is 26.2 Å². The van der Waals surface area contributed by atoms with Crippen molar-refractivity contribution in [3.05, 3.63) is 0 Å². The Morgan fingerprint density at radius 3 is 1.00 bits per heavy atom. The van der Waals surface area contributed by atoms with Crippen LogP contribution in [0.2, 0.25) is 0 Å². The zero-order valence-corrected chi connectivity index (χ0v) is 21.2. The molecule has 0 aliphatic rings. The Morgan fingerprint density at radius 2 is 0.818 bits per heavy atom. The number of rotatable bonds is 18. The van der Waals surface area contributed by atoms with Gasteiger partial charge in [0, 0.05) is 51.9 Å². The van der Waals surface area contributed by atoms with E-state index in [4.69, 9.17) is 21.0 Å². The lowest BCUT2D eigenvalue weighted by Crippen LogP contribution is -2.58. The Hall–Kier alpha value is -2.22. The van der Waals surface area contributed by atoms with E-state index >= 15 is 0 Å². The average Bonchev–Trinajstić information content (AvgIpc) is 2.78. The van der Waals surface area contributed by atoms with Crippen LogP contribution in [0, 0.1) is 45.3 Å². The van der Waals surface area contributed by atoms with Crippen LogP contribution >= 0.6 is 0 Å². The molecule has 0 aliphatic heterocycles. The standard InChI is InChI=1S/C21H34N6O4S2/c1-3-21(4-2,32(28,29)26(17-9-5-13-22)18-10-6-14-23)33(30,31)27(19-11-7-15-24)20-12-8-16-25/h3-12,17-20H2,1-2H3. The van der Waals surface area contributed by atoms with Gasteiger partial charge in [-0.2, -0.15) is 21.0 Å². The van der Waals surface area contributed by atoms with Gasteiger partial charge in [-0.15, -0.1) is 0 Å². The molecule has 0 radical (unpaired) electrons. The van der Waals surface area contributed by atoms with Crippen molar-refractivity contribution in [1.82, 2.24) is 8.61 Å². The Morgan fingerprint density at radius 1 is 0.576 bits per heavy atom. The molecular weight excluding hydrogens is 464 g/mol. The van der Waals surface area contributed by atoms with E-state index in [2.05, 4.69) is 0 Å². The minimum atomic E-state index is -4.39. The summed E-state index contributed by atoms with van der Waals surface area (Å²) >= 11 is 0. The van der Waals surface area contributed by atoms with Gasteiger partial charge >= 0.3 is 0 Å². The van der Waals surface area contributed by atoms with Gasteiger partial charge in [0.15, 0.2) is 0 Å². The lowest BCUT2D eigenvalue weighted by Gasteiger charge is -2.39. The maximum Gasteiger partial charge on any atom is 0.235 e. The maximum absolute atomic E-state index is 13.9. The second-order valence-corrected chi connectivity index (χ2v) is 12.2. The van der Waals surface area contributed by atoms with Crippen LogP contribution in [0.4, 0.5) is 0 Å². The van der Waals surface area contributed by atoms with Crippen molar-refractivity contribution in [2.24, 2.45) is 0 Å². The van der Waals surface area contributed by atoms with Crippen molar-refractivity contribution in [3.8, 4) is 24.3 Å². The largest absolute Gasteiger partial charge is 0.235 e. The molecule has 0 fully saturated rings. The van der Waals surface area contributed by atoms with Crippen molar-refractivity contribution in [2.45, 2.75) is 82.1 Å². The van der Waals surface area contributed by atoms with Gasteiger partial charge < -0.3 is 0 Å². The summed E-state index contributed by atoms with van der Waals surface area (Å²) in [4.78, 5) is 0. The van der Waals surface area contributed by atoms with Crippen LogP contribution in [-0.4, -0.2) is 55.7 Å². The fourth-order valence-electron chi connectivity index (χ4n) is 3.63. The highest BCUT2D eigenvalue weighted by molar-refractivity contribution is 8.08. The second-order valence-electron chi connectivity index (χ2n) is 7.47. The van der Waals surface area contributed by atoms with Gasteiger partial charge in [-0.25, -0.2) is 25.4 Å². The summed E-state index contributed by atoms with van der Waals surface area (Å²) in [6.07, 6.45) is 1.11. The fourth-order valence-corrected chi connectivity index (χ4v) is 9.20. The van der Waals surface area contributed by atoms with Crippen LogP contribution in [-0.2, 0) is 20.0 Å². The van der Waals surface area contributed by atoms with E-state index in [0.29, 0.717) is 0 Å². The third kappa shape index (κ3) is 7.95. The SMILES string of the molecule is CCC(CC)(S(=O)(=O)N(CCCC#N)CCCC#N)S(=O)(=O)N(CCCC#N)CCCC#N. The summed E-state index contributed by atoms with van der Waals surface area (Å²) in [7, 11) is -8.79. The summed E-state index contributed by atoms with van der Waals surface area (Å²) in [5, 5.41) is 35.4. The third-order valence-corrected chi connectivity index (χ3v) is 11.9. The molecule has 0 unspecified atom stereocenters. The first kappa shape index (κ1) is 30.8. The molecule has 0 saturated carbocycles. The molecule has 0 aromatic rings. The number of nitriles is 4. The quantitative estimate of drug-likeness (QED) is 0.259. The molecule has 0 aromatic heterocycles. The molecule has 0 aliphatic carbocycles. The van der Waals surface area contributed by atoms with E-state index in [1.165, 1.54) is 13.8 Å². The number of unbranched alkanes of at least 4 members (excludes halogenated alkanes) is 4. The first-order chi connectivity index (χ1) is 15.7. The average molecular weight is 499 g/mol. The predicted molar refractivity (Wildman–Crippen MR) is 124 cm³/mol. The molecular formula is C21H34N6O4S2. The first-order valence-electron chi connectivity index (χ1n) is 11.1. The Balaban J connectivity index is 6.40. The fraction of sp³-hybridized carbons (Fsp3) is 0.810. The Bertz CT molecular complexity index is 848. The zero-order chi connectivity index (χ0) is 25.4. The van der Waals surface area contributed by atoms with Gasteiger partial charge in [0.05, 0.1) is 24.3 Å². The molecule has 0 bridgehead atoms. The van der Waals surface area contributed by atoms with Gasteiger partial charge in [-0.1, -0.05) is 13.8 Å². The number of sulfonamides is 2. The van der Waals surface area contributed by atoms with Gasteiger partial charge in [-0.05, 0) is 38.5 Å². The van der Waals surface area contributed by atoms with Crippen molar-refractivity contribution in [3.63, 3.8) is 0 Å². The molecule has 33 heavy (non-hydrogen) atoms.